The van der Waals surface area contributed by atoms with Crippen molar-refractivity contribution < 1.29 is 4.74 Å². The molecule has 86 valence electrons. The van der Waals surface area contributed by atoms with Crippen molar-refractivity contribution in [2.24, 2.45) is 5.73 Å². The summed E-state index contributed by atoms with van der Waals surface area (Å²) in [5.41, 5.74) is 7.31. The third-order valence-electron chi connectivity index (χ3n) is 3.04. The lowest BCUT2D eigenvalue weighted by Crippen LogP contribution is -2.31. The number of anilines is 1. The predicted molar refractivity (Wildman–Crippen MR) is 65.1 cm³/mol. The zero-order valence-corrected chi connectivity index (χ0v) is 9.44. The zero-order chi connectivity index (χ0) is 11.5. The summed E-state index contributed by atoms with van der Waals surface area (Å²) in [7, 11) is 2.07. The number of nitrogen functional groups attached to an aromatic ring is 1. The first-order valence-corrected chi connectivity index (χ1v) is 5.43. The van der Waals surface area contributed by atoms with Crippen molar-refractivity contribution in [3.8, 4) is 0 Å². The summed E-state index contributed by atoms with van der Waals surface area (Å²) in [6.45, 7) is 1.64. The van der Waals surface area contributed by atoms with Gasteiger partial charge in [0.05, 0.1) is 12.6 Å². The zero-order valence-electron chi connectivity index (χ0n) is 9.44. The summed E-state index contributed by atoms with van der Waals surface area (Å²) >= 11 is 0. The first-order chi connectivity index (χ1) is 7.68. The second-order valence-corrected chi connectivity index (χ2v) is 4.09. The minimum absolute atomic E-state index is 0.110. The summed E-state index contributed by atoms with van der Waals surface area (Å²) in [6.07, 6.45) is 1.07. The molecule has 1 fully saturated rings. The normalized spacial score (nSPS) is 19.7. The molecule has 16 heavy (non-hydrogen) atoms. The molecule has 0 spiro atoms. The first-order valence-electron chi connectivity index (χ1n) is 5.43. The molecule has 1 unspecified atom stereocenters. The monoisotopic (exact) mass is 219 g/mol. The minimum Gasteiger partial charge on any atom is -0.384 e. The molecule has 0 amide bonds. The van der Waals surface area contributed by atoms with Gasteiger partial charge < -0.3 is 15.4 Å². The second kappa shape index (κ2) is 4.53. The van der Waals surface area contributed by atoms with Gasteiger partial charge in [0, 0.05) is 24.9 Å². The van der Waals surface area contributed by atoms with E-state index in [9.17, 15) is 0 Å². The summed E-state index contributed by atoms with van der Waals surface area (Å²) in [5.74, 6) is 0.110. The van der Waals surface area contributed by atoms with E-state index in [0.29, 0.717) is 6.04 Å². The number of nitrogens with one attached hydrogen (secondary N) is 1. The topological polar surface area (TPSA) is 62.3 Å². The van der Waals surface area contributed by atoms with Gasteiger partial charge >= 0.3 is 0 Å². The molecule has 0 bridgehead atoms. The SMILES string of the molecule is CN(c1ccc(C(=N)N)cc1)C1CCOC1. The third kappa shape index (κ3) is 2.17. The second-order valence-electron chi connectivity index (χ2n) is 4.09. The smallest absolute Gasteiger partial charge is 0.122 e. The van der Waals surface area contributed by atoms with Crippen molar-refractivity contribution >= 4 is 11.5 Å². The largest absolute Gasteiger partial charge is 0.384 e. The van der Waals surface area contributed by atoms with Gasteiger partial charge in [-0.2, -0.15) is 0 Å². The standard InChI is InChI=1S/C12H17N3O/c1-15(11-6-7-16-8-11)10-4-2-9(3-5-10)12(13)14/h2-5,11H,6-8H2,1H3,(H3,13,14). The van der Waals surface area contributed by atoms with E-state index in [4.69, 9.17) is 15.9 Å². The van der Waals surface area contributed by atoms with Gasteiger partial charge in [-0.3, -0.25) is 5.41 Å². The molecule has 2 rings (SSSR count). The van der Waals surface area contributed by atoms with Gasteiger partial charge in [0.1, 0.15) is 5.84 Å². The van der Waals surface area contributed by atoms with Crippen LogP contribution in [0.1, 0.15) is 12.0 Å². The van der Waals surface area contributed by atoms with E-state index in [1.54, 1.807) is 0 Å². The van der Waals surface area contributed by atoms with Crippen LogP contribution < -0.4 is 10.6 Å². The number of nitrogens with zero attached hydrogens (tertiary/aromatic N) is 1. The summed E-state index contributed by atoms with van der Waals surface area (Å²) < 4.78 is 5.37. The molecule has 1 aliphatic rings. The fraction of sp³-hybridized carbons (Fsp3) is 0.417. The maximum absolute atomic E-state index is 7.32. The number of ether oxygens (including phenoxy) is 1. The van der Waals surface area contributed by atoms with Gasteiger partial charge in [0.2, 0.25) is 0 Å². The van der Waals surface area contributed by atoms with Crippen LogP contribution in [-0.2, 0) is 4.74 Å². The predicted octanol–water partition coefficient (Wildman–Crippen LogP) is 1.20. The Morgan fingerprint density at radius 2 is 2.12 bits per heavy atom. The Morgan fingerprint density at radius 1 is 1.44 bits per heavy atom. The lowest BCUT2D eigenvalue weighted by Gasteiger charge is -2.25. The molecule has 0 radical (unpaired) electrons. The van der Waals surface area contributed by atoms with Gasteiger partial charge in [-0.25, -0.2) is 0 Å². The molecule has 0 aromatic heterocycles. The van der Waals surface area contributed by atoms with E-state index in [-0.39, 0.29) is 5.84 Å². The highest BCUT2D eigenvalue weighted by molar-refractivity contribution is 5.95. The molecule has 1 aromatic carbocycles. The highest BCUT2D eigenvalue weighted by Crippen LogP contribution is 2.20. The van der Waals surface area contributed by atoms with Crippen LogP contribution in [0, 0.1) is 5.41 Å². The van der Waals surface area contributed by atoms with Crippen LogP contribution in [0.5, 0.6) is 0 Å². The van der Waals surface area contributed by atoms with Gasteiger partial charge in [0.15, 0.2) is 0 Å². The maximum atomic E-state index is 7.32. The molecule has 0 aliphatic carbocycles. The molecule has 1 aromatic rings. The minimum atomic E-state index is 0.110. The Labute approximate surface area is 95.5 Å². The Balaban J connectivity index is 2.11. The molecule has 4 heteroatoms. The Kier molecular flexibility index (Phi) is 3.10. The lowest BCUT2D eigenvalue weighted by atomic mass is 10.1. The molecule has 1 aliphatic heterocycles. The Hall–Kier alpha value is -1.55. The Morgan fingerprint density at radius 3 is 2.62 bits per heavy atom. The molecule has 1 heterocycles. The van der Waals surface area contributed by atoms with E-state index < -0.39 is 0 Å². The molecule has 4 nitrogen and oxygen atoms in total. The van der Waals surface area contributed by atoms with Crippen molar-refractivity contribution in [3.05, 3.63) is 29.8 Å². The summed E-state index contributed by atoms with van der Waals surface area (Å²) in [5, 5.41) is 7.32. The van der Waals surface area contributed by atoms with Crippen LogP contribution >= 0.6 is 0 Å². The van der Waals surface area contributed by atoms with Crippen molar-refractivity contribution in [2.75, 3.05) is 25.2 Å². The van der Waals surface area contributed by atoms with E-state index in [1.807, 2.05) is 24.3 Å². The third-order valence-corrected chi connectivity index (χ3v) is 3.04. The number of amidine groups is 1. The van der Waals surface area contributed by atoms with Crippen LogP contribution in [0.3, 0.4) is 0 Å². The van der Waals surface area contributed by atoms with Crippen molar-refractivity contribution in [1.29, 1.82) is 5.41 Å². The van der Waals surface area contributed by atoms with Crippen LogP contribution in [0.2, 0.25) is 0 Å². The highest BCUT2D eigenvalue weighted by atomic mass is 16.5. The fourth-order valence-corrected chi connectivity index (χ4v) is 1.91. The van der Waals surface area contributed by atoms with Crippen molar-refractivity contribution in [2.45, 2.75) is 12.5 Å². The number of likely N-dealkylation sites (N-methyl/N-ethyl adjacent to an activating group) is 1. The van der Waals surface area contributed by atoms with Gasteiger partial charge in [-0.1, -0.05) is 0 Å². The molecule has 1 atom stereocenters. The summed E-state index contributed by atoms with van der Waals surface area (Å²) in [4.78, 5) is 2.22. The average Bonchev–Trinajstić information content (AvgIpc) is 2.81. The van der Waals surface area contributed by atoms with E-state index in [2.05, 4.69) is 11.9 Å². The van der Waals surface area contributed by atoms with E-state index in [0.717, 1.165) is 30.9 Å². The molecular formula is C12H17N3O. The van der Waals surface area contributed by atoms with Crippen LogP contribution in [-0.4, -0.2) is 32.1 Å². The van der Waals surface area contributed by atoms with Crippen LogP contribution in [0.25, 0.3) is 0 Å². The van der Waals surface area contributed by atoms with E-state index in [1.165, 1.54) is 0 Å². The van der Waals surface area contributed by atoms with Crippen LogP contribution in [0.15, 0.2) is 24.3 Å². The van der Waals surface area contributed by atoms with Crippen molar-refractivity contribution in [3.63, 3.8) is 0 Å². The van der Waals surface area contributed by atoms with Gasteiger partial charge in [-0.15, -0.1) is 0 Å². The maximum Gasteiger partial charge on any atom is 0.122 e. The number of rotatable bonds is 3. The van der Waals surface area contributed by atoms with Crippen LogP contribution in [0.4, 0.5) is 5.69 Å². The first kappa shape index (κ1) is 11.0. The molecule has 0 saturated carbocycles. The number of benzene rings is 1. The van der Waals surface area contributed by atoms with E-state index >= 15 is 0 Å². The molecule has 1 saturated heterocycles. The average molecular weight is 219 g/mol. The number of hydrogen-bond donors (Lipinski definition) is 2. The van der Waals surface area contributed by atoms with Crippen molar-refractivity contribution in [1.82, 2.24) is 0 Å². The van der Waals surface area contributed by atoms with Gasteiger partial charge in [-0.05, 0) is 30.7 Å². The number of nitrogens with two attached hydrogens (primary N) is 1. The highest BCUT2D eigenvalue weighted by Gasteiger charge is 2.20. The Bertz CT molecular complexity index is 368. The number of hydrogen-bond acceptors (Lipinski definition) is 3. The van der Waals surface area contributed by atoms with Gasteiger partial charge in [0.25, 0.3) is 0 Å². The lowest BCUT2D eigenvalue weighted by molar-refractivity contribution is 0.193. The quantitative estimate of drug-likeness (QED) is 0.593. The fourth-order valence-electron chi connectivity index (χ4n) is 1.91. The molecular weight excluding hydrogens is 202 g/mol. The molecule has 3 N–H and O–H groups in total. The summed E-state index contributed by atoms with van der Waals surface area (Å²) in [6, 6.07) is 8.21.